The van der Waals surface area contributed by atoms with Crippen molar-refractivity contribution in [3.05, 3.63) is 97.0 Å². The van der Waals surface area contributed by atoms with Gasteiger partial charge in [-0.2, -0.15) is 18.3 Å². The number of halogens is 3. The summed E-state index contributed by atoms with van der Waals surface area (Å²) in [5.74, 6) is 0.205. The molecule has 1 atom stereocenters. The van der Waals surface area contributed by atoms with Gasteiger partial charge in [0.2, 0.25) is 5.60 Å². The molecule has 0 amide bonds. The molecule has 5 nitrogen and oxygen atoms in total. The number of hydrogen-bond donors (Lipinski definition) is 1. The number of hydrogen-bond acceptors (Lipinski definition) is 4. The first-order valence-corrected chi connectivity index (χ1v) is 10.1. The minimum absolute atomic E-state index is 0.205. The fourth-order valence-electron chi connectivity index (χ4n) is 3.73. The average molecular weight is 449 g/mol. The zero-order valence-electron chi connectivity index (χ0n) is 17.2. The van der Waals surface area contributed by atoms with Crippen LogP contribution in [-0.2, 0) is 5.60 Å². The summed E-state index contributed by atoms with van der Waals surface area (Å²) in [6.07, 6.45) is -0.272. The van der Waals surface area contributed by atoms with Gasteiger partial charge in [-0.15, -0.1) is 0 Å². The van der Waals surface area contributed by atoms with Gasteiger partial charge in [-0.05, 0) is 53.4 Å². The van der Waals surface area contributed by atoms with Crippen molar-refractivity contribution >= 4 is 21.7 Å². The highest BCUT2D eigenvalue weighted by Gasteiger charge is 2.56. The number of para-hydroxylation sites is 1. The maximum atomic E-state index is 14.1. The van der Waals surface area contributed by atoms with Gasteiger partial charge in [0.25, 0.3) is 0 Å². The highest BCUT2D eigenvalue weighted by Crippen LogP contribution is 2.40. The SMILES string of the molecule is OC(COc1ccc2ccncc2c1)(c1ccc2c(cnn2-c2ccccc2)c1)C(F)(F)F. The number of benzene rings is 3. The van der Waals surface area contributed by atoms with Gasteiger partial charge in [-0.3, -0.25) is 4.98 Å². The molecule has 5 aromatic rings. The minimum Gasteiger partial charge on any atom is -0.490 e. The van der Waals surface area contributed by atoms with Crippen LogP contribution in [0.1, 0.15) is 5.56 Å². The molecule has 1 N–H and O–H groups in total. The van der Waals surface area contributed by atoms with Gasteiger partial charge in [0.05, 0.1) is 17.4 Å². The fraction of sp³-hybridized carbons (Fsp3) is 0.120. The second-order valence-electron chi connectivity index (χ2n) is 7.70. The lowest BCUT2D eigenvalue weighted by molar-refractivity contribution is -0.275. The van der Waals surface area contributed by atoms with Crippen LogP contribution in [0.3, 0.4) is 0 Å². The normalized spacial score (nSPS) is 13.8. The van der Waals surface area contributed by atoms with Gasteiger partial charge in [0.1, 0.15) is 12.4 Å². The summed E-state index contributed by atoms with van der Waals surface area (Å²) in [5, 5.41) is 17.1. The van der Waals surface area contributed by atoms with E-state index in [9.17, 15) is 18.3 Å². The summed E-state index contributed by atoms with van der Waals surface area (Å²) in [6, 6.07) is 20.0. The Hall–Kier alpha value is -3.91. The van der Waals surface area contributed by atoms with E-state index in [1.165, 1.54) is 24.4 Å². The van der Waals surface area contributed by atoms with Gasteiger partial charge in [-0.1, -0.05) is 30.3 Å². The predicted octanol–water partition coefficient (Wildman–Crippen LogP) is 5.40. The number of fused-ring (bicyclic) bond motifs is 2. The molecule has 8 heteroatoms. The van der Waals surface area contributed by atoms with Gasteiger partial charge in [0, 0.05) is 23.2 Å². The van der Waals surface area contributed by atoms with E-state index < -0.39 is 18.4 Å². The van der Waals surface area contributed by atoms with E-state index in [4.69, 9.17) is 4.74 Å². The van der Waals surface area contributed by atoms with Crippen LogP contribution in [0.25, 0.3) is 27.4 Å². The molecule has 2 heterocycles. The molecule has 0 aliphatic rings. The van der Waals surface area contributed by atoms with Crippen LogP contribution in [0.5, 0.6) is 5.75 Å². The number of aliphatic hydroxyl groups is 1. The van der Waals surface area contributed by atoms with Crippen molar-refractivity contribution in [1.82, 2.24) is 14.8 Å². The molecule has 166 valence electrons. The molecule has 5 rings (SSSR count). The largest absolute Gasteiger partial charge is 0.490 e. The highest BCUT2D eigenvalue weighted by molar-refractivity contribution is 5.83. The smallest absolute Gasteiger partial charge is 0.424 e. The number of ether oxygens (including phenoxy) is 1. The van der Waals surface area contributed by atoms with E-state index in [0.717, 1.165) is 16.5 Å². The lowest BCUT2D eigenvalue weighted by atomic mass is 9.93. The van der Waals surface area contributed by atoms with Crippen molar-refractivity contribution in [2.24, 2.45) is 0 Å². The molecule has 0 saturated heterocycles. The molecule has 0 spiro atoms. The first kappa shape index (κ1) is 21.0. The van der Waals surface area contributed by atoms with E-state index in [1.807, 2.05) is 30.3 Å². The molecule has 0 fully saturated rings. The summed E-state index contributed by atoms with van der Waals surface area (Å²) in [7, 11) is 0. The van der Waals surface area contributed by atoms with E-state index in [1.54, 1.807) is 41.3 Å². The van der Waals surface area contributed by atoms with Crippen molar-refractivity contribution in [3.63, 3.8) is 0 Å². The number of rotatable bonds is 5. The fourth-order valence-corrected chi connectivity index (χ4v) is 3.73. The van der Waals surface area contributed by atoms with Crippen LogP contribution >= 0.6 is 0 Å². The topological polar surface area (TPSA) is 60.2 Å². The third-order valence-electron chi connectivity index (χ3n) is 5.58. The van der Waals surface area contributed by atoms with Crippen LogP contribution in [0.2, 0.25) is 0 Å². The van der Waals surface area contributed by atoms with E-state index >= 15 is 0 Å². The summed E-state index contributed by atoms with van der Waals surface area (Å²) in [4.78, 5) is 4.01. The molecule has 0 saturated carbocycles. The Bertz CT molecular complexity index is 1430. The van der Waals surface area contributed by atoms with Gasteiger partial charge in [-0.25, -0.2) is 4.68 Å². The van der Waals surface area contributed by atoms with Crippen molar-refractivity contribution < 1.29 is 23.0 Å². The quantitative estimate of drug-likeness (QED) is 0.390. The highest BCUT2D eigenvalue weighted by atomic mass is 19.4. The molecular weight excluding hydrogens is 431 g/mol. The second-order valence-corrected chi connectivity index (χ2v) is 7.70. The molecule has 0 aliphatic heterocycles. The van der Waals surface area contributed by atoms with Crippen LogP contribution in [-0.4, -0.2) is 32.7 Å². The first-order chi connectivity index (χ1) is 15.8. The summed E-state index contributed by atoms with van der Waals surface area (Å²) >= 11 is 0. The van der Waals surface area contributed by atoms with Gasteiger partial charge in [0.15, 0.2) is 0 Å². The molecular formula is C25H18F3N3O2. The first-order valence-electron chi connectivity index (χ1n) is 10.1. The summed E-state index contributed by atoms with van der Waals surface area (Å²) < 4.78 is 49.2. The maximum absolute atomic E-state index is 14.1. The van der Waals surface area contributed by atoms with E-state index in [2.05, 4.69) is 10.1 Å². The Labute approximate surface area is 186 Å². The van der Waals surface area contributed by atoms with Crippen LogP contribution in [0.15, 0.2) is 91.4 Å². The Morgan fingerprint density at radius 1 is 0.848 bits per heavy atom. The minimum atomic E-state index is -4.96. The summed E-state index contributed by atoms with van der Waals surface area (Å²) in [6.45, 7) is -0.999. The van der Waals surface area contributed by atoms with Crippen molar-refractivity contribution in [1.29, 1.82) is 0 Å². The van der Waals surface area contributed by atoms with Gasteiger partial charge < -0.3 is 9.84 Å². The Morgan fingerprint density at radius 2 is 1.67 bits per heavy atom. The molecule has 1 unspecified atom stereocenters. The van der Waals surface area contributed by atoms with Crippen LogP contribution < -0.4 is 4.74 Å². The van der Waals surface area contributed by atoms with E-state index in [0.29, 0.717) is 10.9 Å². The average Bonchev–Trinajstić information content (AvgIpc) is 3.25. The number of alkyl halides is 3. The van der Waals surface area contributed by atoms with E-state index in [-0.39, 0.29) is 11.3 Å². The molecule has 3 aromatic carbocycles. The van der Waals surface area contributed by atoms with Gasteiger partial charge >= 0.3 is 6.18 Å². The Balaban J connectivity index is 1.48. The zero-order valence-corrected chi connectivity index (χ0v) is 17.2. The molecule has 2 aromatic heterocycles. The molecule has 0 bridgehead atoms. The number of nitrogens with zero attached hydrogens (tertiary/aromatic N) is 3. The molecule has 0 aliphatic carbocycles. The Kier molecular flexibility index (Phi) is 5.02. The number of aromatic nitrogens is 3. The second kappa shape index (κ2) is 7.90. The van der Waals surface area contributed by atoms with Crippen molar-refractivity contribution in [2.75, 3.05) is 6.61 Å². The lowest BCUT2D eigenvalue weighted by Gasteiger charge is -2.31. The maximum Gasteiger partial charge on any atom is 0.424 e. The van der Waals surface area contributed by atoms with Crippen molar-refractivity contribution in [3.8, 4) is 11.4 Å². The third-order valence-corrected chi connectivity index (χ3v) is 5.58. The Morgan fingerprint density at radius 3 is 2.45 bits per heavy atom. The van der Waals surface area contributed by atoms with Crippen LogP contribution in [0.4, 0.5) is 13.2 Å². The van der Waals surface area contributed by atoms with Crippen LogP contribution in [0, 0.1) is 0 Å². The lowest BCUT2D eigenvalue weighted by Crippen LogP contribution is -2.47. The number of pyridine rings is 1. The monoisotopic (exact) mass is 449 g/mol. The standard InChI is InChI=1S/C25H18F3N3O2/c26-25(27,28)24(32,16-33-22-8-6-17-10-11-29-14-18(17)13-22)20-7-9-23-19(12-20)15-30-31(23)21-4-2-1-3-5-21/h1-15,32H,16H2. The zero-order chi connectivity index (χ0) is 23.1. The summed E-state index contributed by atoms with van der Waals surface area (Å²) in [5.41, 5.74) is -2.13. The molecule has 33 heavy (non-hydrogen) atoms. The predicted molar refractivity (Wildman–Crippen MR) is 118 cm³/mol. The van der Waals surface area contributed by atoms with Crippen molar-refractivity contribution in [2.45, 2.75) is 11.8 Å². The molecule has 0 radical (unpaired) electrons. The third kappa shape index (κ3) is 3.78.